The predicted octanol–water partition coefficient (Wildman–Crippen LogP) is 18.9. The third kappa shape index (κ3) is 60.9. The van der Waals surface area contributed by atoms with Crippen LogP contribution < -0.4 is 0 Å². The van der Waals surface area contributed by atoms with Crippen molar-refractivity contribution in [2.75, 3.05) is 39.6 Å². The molecule has 0 aromatic carbocycles. The molecule has 0 aliphatic rings. The minimum atomic E-state index is -4.96. The second kappa shape index (κ2) is 61.1. The molecule has 0 radical (unpaired) electrons. The molecule has 0 aliphatic carbocycles. The molecule has 512 valence electrons. The Bertz CT molecular complexity index is 1780. The van der Waals surface area contributed by atoms with E-state index in [0.29, 0.717) is 25.7 Å². The molecule has 3 N–H and O–H groups in total. The molecule has 3 unspecified atom stereocenters. The molecule has 0 aromatic rings. The number of carbonyl (C=O) groups is 4. The van der Waals surface area contributed by atoms with E-state index in [-0.39, 0.29) is 25.7 Å². The summed E-state index contributed by atoms with van der Waals surface area (Å²) in [6.07, 6.45) is 49.9. The lowest BCUT2D eigenvalue weighted by Crippen LogP contribution is -2.30. The third-order valence-corrected chi connectivity index (χ3v) is 17.4. The molecule has 87 heavy (non-hydrogen) atoms. The van der Waals surface area contributed by atoms with Gasteiger partial charge in [0.25, 0.3) is 0 Å². The van der Waals surface area contributed by atoms with Crippen molar-refractivity contribution in [1.82, 2.24) is 0 Å². The zero-order valence-corrected chi connectivity index (χ0v) is 57.4. The molecular weight excluding hydrogens is 1150 g/mol. The molecule has 6 atom stereocenters. The first-order chi connectivity index (χ1) is 42.1. The maximum atomic E-state index is 13.0. The summed E-state index contributed by atoms with van der Waals surface area (Å²) < 4.78 is 67.9. The van der Waals surface area contributed by atoms with Gasteiger partial charge in [0.05, 0.1) is 26.4 Å². The van der Waals surface area contributed by atoms with Crippen LogP contribution in [0.3, 0.4) is 0 Å². The lowest BCUT2D eigenvalue weighted by molar-refractivity contribution is -0.161. The molecule has 0 spiro atoms. The zero-order chi connectivity index (χ0) is 64.2. The van der Waals surface area contributed by atoms with Crippen LogP contribution in [0.15, 0.2) is 24.3 Å². The van der Waals surface area contributed by atoms with Gasteiger partial charge < -0.3 is 33.8 Å². The second-order valence-corrected chi connectivity index (χ2v) is 27.0. The van der Waals surface area contributed by atoms with E-state index in [0.717, 1.165) is 121 Å². The third-order valence-electron chi connectivity index (χ3n) is 15.5. The molecule has 0 aromatic heterocycles. The first-order valence-corrected chi connectivity index (χ1v) is 38.0. The average molecular weight is 1280 g/mol. The van der Waals surface area contributed by atoms with Gasteiger partial charge in [-0.1, -0.05) is 271 Å². The van der Waals surface area contributed by atoms with E-state index in [1.165, 1.54) is 122 Å². The number of esters is 4. The van der Waals surface area contributed by atoms with Gasteiger partial charge in [0.1, 0.15) is 19.3 Å². The minimum absolute atomic E-state index is 0.0999. The number of carbonyl (C=O) groups excluding carboxylic acids is 4. The van der Waals surface area contributed by atoms with Gasteiger partial charge in [0.2, 0.25) is 0 Å². The van der Waals surface area contributed by atoms with E-state index in [9.17, 15) is 43.2 Å². The molecule has 0 rings (SSSR count). The highest BCUT2D eigenvalue weighted by Gasteiger charge is 2.30. The summed E-state index contributed by atoms with van der Waals surface area (Å²) in [7, 11) is -9.90. The first-order valence-electron chi connectivity index (χ1n) is 35.0. The van der Waals surface area contributed by atoms with Crippen LogP contribution in [0, 0.1) is 5.92 Å². The fraction of sp³-hybridized carbons (Fsp3) is 0.882. The van der Waals surface area contributed by atoms with Crippen LogP contribution in [0.1, 0.15) is 324 Å². The van der Waals surface area contributed by atoms with Crippen molar-refractivity contribution in [3.8, 4) is 0 Å². The van der Waals surface area contributed by atoms with E-state index in [4.69, 9.17) is 37.0 Å². The van der Waals surface area contributed by atoms with Gasteiger partial charge in [-0.2, -0.15) is 0 Å². The number of rotatable bonds is 66. The van der Waals surface area contributed by atoms with Gasteiger partial charge in [-0.05, 0) is 57.3 Å². The molecule has 0 saturated heterocycles. The number of hydrogen-bond donors (Lipinski definition) is 3. The Hall–Kier alpha value is -2.46. The highest BCUT2D eigenvalue weighted by molar-refractivity contribution is 7.47. The van der Waals surface area contributed by atoms with Crippen molar-refractivity contribution in [2.45, 2.75) is 342 Å². The Morgan fingerprint density at radius 3 is 0.977 bits per heavy atom. The Kier molecular flexibility index (Phi) is 59.3. The molecule has 0 fully saturated rings. The lowest BCUT2D eigenvalue weighted by Gasteiger charge is -2.21. The molecule has 0 amide bonds. The standard InChI is InChI=1S/C68H128O17P2/c1-6-10-13-16-18-20-22-24-26-27-29-31-33-35-37-43-48-53-67(72)84-64(58-79-66(71)52-47-42-36-34-32-30-28-25-23-21-19-17-14-11-7-2)60-83-87(76,77)81-56-62(69)55-80-86(74,75)82-59-63(57-78-65(70)51-46-40-15-12-8-3)85-68(73)54-49-44-39-38-41-45-50-61(5)9-4/h21,23,25,28,61-64,69H,6-20,22,24,26-27,29-60H2,1-5H3,(H,74,75)(H,76,77)/b23-21-,28-25-/t61?,62-,63+,64+/m0/s1. The van der Waals surface area contributed by atoms with Crippen LogP contribution in [0.25, 0.3) is 0 Å². The molecule has 0 aliphatic heterocycles. The number of allylic oxidation sites excluding steroid dienone is 4. The molecule has 17 nitrogen and oxygen atoms in total. The number of ether oxygens (including phenoxy) is 4. The van der Waals surface area contributed by atoms with Gasteiger partial charge >= 0.3 is 39.5 Å². The van der Waals surface area contributed by atoms with Crippen molar-refractivity contribution in [2.24, 2.45) is 5.92 Å². The van der Waals surface area contributed by atoms with E-state index in [1.807, 2.05) is 0 Å². The summed E-state index contributed by atoms with van der Waals surface area (Å²) in [5, 5.41) is 10.5. The average Bonchev–Trinajstić information content (AvgIpc) is 3.71. The number of aliphatic hydroxyl groups excluding tert-OH is 1. The largest absolute Gasteiger partial charge is 0.472 e. The Morgan fingerprint density at radius 2 is 0.644 bits per heavy atom. The quantitative estimate of drug-likeness (QED) is 0.0169. The Labute approximate surface area is 529 Å². The highest BCUT2D eigenvalue weighted by atomic mass is 31.2. The first kappa shape index (κ1) is 84.5. The second-order valence-electron chi connectivity index (χ2n) is 24.1. The van der Waals surface area contributed by atoms with E-state index >= 15 is 0 Å². The van der Waals surface area contributed by atoms with Crippen molar-refractivity contribution < 1.29 is 80.2 Å². The van der Waals surface area contributed by atoms with Crippen LogP contribution in [-0.4, -0.2) is 96.7 Å². The van der Waals surface area contributed by atoms with Gasteiger partial charge in [0, 0.05) is 25.7 Å². The Balaban J connectivity index is 5.20. The van der Waals surface area contributed by atoms with Crippen molar-refractivity contribution >= 4 is 39.5 Å². The van der Waals surface area contributed by atoms with Crippen LogP contribution in [0.4, 0.5) is 0 Å². The van der Waals surface area contributed by atoms with Crippen LogP contribution in [-0.2, 0) is 65.4 Å². The summed E-state index contributed by atoms with van der Waals surface area (Å²) in [5.74, 6) is -1.45. The van der Waals surface area contributed by atoms with Crippen molar-refractivity contribution in [3.63, 3.8) is 0 Å². The van der Waals surface area contributed by atoms with E-state index in [1.54, 1.807) is 0 Å². The number of hydrogen-bond acceptors (Lipinski definition) is 15. The molecular formula is C68H128O17P2. The van der Waals surface area contributed by atoms with Crippen LogP contribution in [0.5, 0.6) is 0 Å². The number of aliphatic hydroxyl groups is 1. The number of phosphoric ester groups is 2. The topological polar surface area (TPSA) is 237 Å². The molecule has 0 saturated carbocycles. The summed E-state index contributed by atoms with van der Waals surface area (Å²) in [5.41, 5.74) is 0. The summed E-state index contributed by atoms with van der Waals surface area (Å²) in [6, 6.07) is 0. The van der Waals surface area contributed by atoms with Crippen molar-refractivity contribution in [3.05, 3.63) is 24.3 Å². The number of phosphoric acid groups is 2. The maximum Gasteiger partial charge on any atom is 0.472 e. The van der Waals surface area contributed by atoms with Crippen LogP contribution >= 0.6 is 15.6 Å². The van der Waals surface area contributed by atoms with Gasteiger partial charge in [-0.3, -0.25) is 37.3 Å². The monoisotopic (exact) mass is 1280 g/mol. The lowest BCUT2D eigenvalue weighted by atomic mass is 10.00. The molecule has 0 heterocycles. The molecule has 19 heteroatoms. The zero-order valence-electron chi connectivity index (χ0n) is 55.6. The number of unbranched alkanes of at least 4 members (excludes halogenated alkanes) is 34. The normalized spacial score (nSPS) is 14.6. The highest BCUT2D eigenvalue weighted by Crippen LogP contribution is 2.45. The SMILES string of the molecule is CCCCCC/C=C\C=C/CCCCCCCC(=O)OC[C@H](COP(=O)(O)OC[C@@H](O)COP(=O)(O)OC[C@@H](COC(=O)CCCCCCC)OC(=O)CCCCCCCCC(C)CC)OC(=O)CCCCCCCCCCCCCCCCCCC. The van der Waals surface area contributed by atoms with Crippen LogP contribution in [0.2, 0.25) is 0 Å². The molecule has 0 bridgehead atoms. The summed E-state index contributed by atoms with van der Waals surface area (Å²) in [6.45, 7) is 7.02. The van der Waals surface area contributed by atoms with Gasteiger partial charge in [-0.15, -0.1) is 0 Å². The summed E-state index contributed by atoms with van der Waals surface area (Å²) in [4.78, 5) is 72.1. The van der Waals surface area contributed by atoms with E-state index < -0.39 is 97.5 Å². The van der Waals surface area contributed by atoms with E-state index in [2.05, 4.69) is 58.9 Å². The van der Waals surface area contributed by atoms with Gasteiger partial charge in [0.15, 0.2) is 12.2 Å². The fourth-order valence-electron chi connectivity index (χ4n) is 9.72. The summed E-state index contributed by atoms with van der Waals surface area (Å²) >= 11 is 0. The van der Waals surface area contributed by atoms with Crippen molar-refractivity contribution in [1.29, 1.82) is 0 Å². The van der Waals surface area contributed by atoms with Gasteiger partial charge in [-0.25, -0.2) is 9.13 Å². The predicted molar refractivity (Wildman–Crippen MR) is 349 cm³/mol. The Morgan fingerprint density at radius 1 is 0.368 bits per heavy atom. The smallest absolute Gasteiger partial charge is 0.462 e. The maximum absolute atomic E-state index is 13.0. The minimum Gasteiger partial charge on any atom is -0.462 e. The fourth-order valence-corrected chi connectivity index (χ4v) is 11.3.